The van der Waals surface area contributed by atoms with Crippen molar-refractivity contribution in [3.05, 3.63) is 0 Å². The highest BCUT2D eigenvalue weighted by molar-refractivity contribution is 5.76. The van der Waals surface area contributed by atoms with Crippen LogP contribution in [0.1, 0.15) is 46.5 Å². The maximum absolute atomic E-state index is 11.6. The summed E-state index contributed by atoms with van der Waals surface area (Å²) in [6.45, 7) is 6.01. The minimum absolute atomic E-state index is 0.00960. The van der Waals surface area contributed by atoms with Crippen molar-refractivity contribution in [3.63, 3.8) is 0 Å². The van der Waals surface area contributed by atoms with E-state index in [1.807, 2.05) is 13.8 Å². The van der Waals surface area contributed by atoms with E-state index in [1.54, 1.807) is 0 Å². The van der Waals surface area contributed by atoms with Gasteiger partial charge in [-0.05, 0) is 31.7 Å². The Morgan fingerprint density at radius 2 is 1.79 bits per heavy atom. The van der Waals surface area contributed by atoms with Gasteiger partial charge in [0.15, 0.2) is 0 Å². The number of nitrogens with one attached hydrogen (secondary N) is 1. The Labute approximate surface area is 114 Å². The second kappa shape index (κ2) is 7.45. The summed E-state index contributed by atoms with van der Waals surface area (Å²) in [4.78, 5) is 22.1. The molecule has 0 radical (unpaired) electrons. The zero-order valence-corrected chi connectivity index (χ0v) is 12.0. The first-order chi connectivity index (χ1) is 8.58. The predicted molar refractivity (Wildman–Crippen MR) is 72.6 cm³/mol. The lowest BCUT2D eigenvalue weighted by Gasteiger charge is -2.24. The van der Waals surface area contributed by atoms with Gasteiger partial charge in [-0.25, -0.2) is 0 Å². The molecule has 6 heteroatoms. The van der Waals surface area contributed by atoms with Crippen LogP contribution in [-0.2, 0) is 9.59 Å². The van der Waals surface area contributed by atoms with Gasteiger partial charge in [-0.3, -0.25) is 9.59 Å². The maximum atomic E-state index is 11.6. The van der Waals surface area contributed by atoms with E-state index < -0.39 is 18.0 Å². The molecule has 0 fully saturated rings. The van der Waals surface area contributed by atoms with Crippen LogP contribution in [0.15, 0.2) is 0 Å². The fraction of sp³-hybridized carbons (Fsp3) is 0.846. The quantitative estimate of drug-likeness (QED) is 0.488. The van der Waals surface area contributed by atoms with Crippen LogP contribution >= 0.6 is 0 Å². The Bertz CT molecular complexity index is 314. The number of hydrogen-bond acceptors (Lipinski definition) is 4. The number of nitrogens with two attached hydrogens (primary N) is 1. The molecule has 0 aromatic rings. The third-order valence-electron chi connectivity index (χ3n) is 3.05. The van der Waals surface area contributed by atoms with Gasteiger partial charge in [0.2, 0.25) is 5.91 Å². The highest BCUT2D eigenvalue weighted by atomic mass is 16.4. The van der Waals surface area contributed by atoms with Gasteiger partial charge < -0.3 is 21.3 Å². The lowest BCUT2D eigenvalue weighted by Crippen LogP contribution is -2.42. The van der Waals surface area contributed by atoms with Crippen LogP contribution in [0.4, 0.5) is 0 Å². The first-order valence-electron chi connectivity index (χ1n) is 6.49. The average Bonchev–Trinajstić information content (AvgIpc) is 2.22. The molecular formula is C13H26N2O4. The highest BCUT2D eigenvalue weighted by Crippen LogP contribution is 2.25. The van der Waals surface area contributed by atoms with Crippen LogP contribution < -0.4 is 11.1 Å². The van der Waals surface area contributed by atoms with Gasteiger partial charge in [-0.15, -0.1) is 0 Å². The van der Waals surface area contributed by atoms with Gasteiger partial charge in [0.25, 0.3) is 0 Å². The van der Waals surface area contributed by atoms with Crippen molar-refractivity contribution in [1.82, 2.24) is 5.32 Å². The lowest BCUT2D eigenvalue weighted by atomic mass is 9.84. The monoisotopic (exact) mass is 274 g/mol. The minimum atomic E-state index is -1.42. The first-order valence-corrected chi connectivity index (χ1v) is 6.49. The van der Waals surface area contributed by atoms with E-state index in [9.17, 15) is 14.7 Å². The van der Waals surface area contributed by atoms with Gasteiger partial charge in [-0.1, -0.05) is 13.8 Å². The molecule has 0 aliphatic heterocycles. The van der Waals surface area contributed by atoms with Crippen LogP contribution in [0.3, 0.4) is 0 Å². The predicted octanol–water partition coefficient (Wildman–Crippen LogP) is 0.484. The molecule has 1 unspecified atom stereocenters. The Balaban J connectivity index is 4.03. The smallest absolute Gasteiger partial charge is 0.306 e. The number of carbonyl (C=O) groups is 2. The molecule has 5 N–H and O–H groups in total. The second-order valence-corrected chi connectivity index (χ2v) is 6.05. The highest BCUT2D eigenvalue weighted by Gasteiger charge is 2.25. The fourth-order valence-corrected chi connectivity index (χ4v) is 1.73. The van der Waals surface area contributed by atoms with Gasteiger partial charge in [-0.2, -0.15) is 0 Å². The molecule has 0 rings (SSSR count). The molecule has 0 bridgehead atoms. The number of rotatable bonds is 9. The topological polar surface area (TPSA) is 113 Å². The van der Waals surface area contributed by atoms with E-state index in [0.29, 0.717) is 19.4 Å². The van der Waals surface area contributed by atoms with Crippen molar-refractivity contribution < 1.29 is 19.8 Å². The van der Waals surface area contributed by atoms with Gasteiger partial charge in [0.1, 0.15) is 0 Å². The number of carbonyl (C=O) groups excluding carboxylic acids is 1. The van der Waals surface area contributed by atoms with Crippen LogP contribution in [0, 0.1) is 5.41 Å². The molecule has 19 heavy (non-hydrogen) atoms. The largest absolute Gasteiger partial charge is 0.481 e. The third kappa shape index (κ3) is 9.44. The number of aliphatic carboxylic acids is 1. The van der Waals surface area contributed by atoms with Gasteiger partial charge in [0, 0.05) is 13.0 Å². The van der Waals surface area contributed by atoms with E-state index in [1.165, 1.54) is 6.92 Å². The molecule has 0 aliphatic rings. The molecule has 0 saturated carbocycles. The minimum Gasteiger partial charge on any atom is -0.481 e. The van der Waals surface area contributed by atoms with Crippen LogP contribution in [0.25, 0.3) is 0 Å². The van der Waals surface area contributed by atoms with E-state index in [0.717, 1.165) is 6.42 Å². The van der Waals surface area contributed by atoms with Crippen molar-refractivity contribution in [3.8, 4) is 0 Å². The lowest BCUT2D eigenvalue weighted by molar-refractivity contribution is -0.142. The van der Waals surface area contributed by atoms with E-state index >= 15 is 0 Å². The summed E-state index contributed by atoms with van der Waals surface area (Å²) in [6, 6.07) is 0. The fourth-order valence-electron chi connectivity index (χ4n) is 1.73. The van der Waals surface area contributed by atoms with Gasteiger partial charge >= 0.3 is 5.97 Å². The summed E-state index contributed by atoms with van der Waals surface area (Å²) in [5.74, 6) is -1.28. The number of hydrogen-bond donors (Lipinski definition) is 4. The number of aliphatic hydroxyl groups is 1. The molecule has 6 nitrogen and oxygen atoms in total. The van der Waals surface area contributed by atoms with E-state index in [2.05, 4.69) is 5.32 Å². The Kier molecular flexibility index (Phi) is 7.00. The molecule has 1 atom stereocenters. The summed E-state index contributed by atoms with van der Waals surface area (Å²) < 4.78 is 0. The zero-order chi connectivity index (χ0) is 15.1. The second-order valence-electron chi connectivity index (χ2n) is 6.05. The Morgan fingerprint density at radius 3 is 2.26 bits per heavy atom. The third-order valence-corrected chi connectivity index (χ3v) is 3.05. The molecule has 1 amide bonds. The summed E-state index contributed by atoms with van der Waals surface area (Å²) in [5, 5.41) is 20.9. The Morgan fingerprint density at radius 1 is 1.21 bits per heavy atom. The first kappa shape index (κ1) is 17.9. The normalized spacial score (nSPS) is 14.8. The van der Waals surface area contributed by atoms with Gasteiger partial charge in [0.05, 0.1) is 12.0 Å². The van der Waals surface area contributed by atoms with Crippen LogP contribution in [0.2, 0.25) is 0 Å². The van der Waals surface area contributed by atoms with Crippen molar-refractivity contribution in [2.75, 3.05) is 13.1 Å². The SMILES string of the molecule is CC(C)(CCN)CCC(=O)NCC(C)(O)CC(=O)O. The Hall–Kier alpha value is -1.14. The standard InChI is InChI=1S/C13H26N2O4/c1-12(2,6-7-14)5-4-10(16)15-9-13(3,19)8-11(17)18/h19H,4-9,14H2,1-3H3,(H,15,16)(H,17,18). The van der Waals surface area contributed by atoms with Crippen molar-refractivity contribution in [1.29, 1.82) is 0 Å². The number of carboxylic acids is 1. The van der Waals surface area contributed by atoms with Crippen molar-refractivity contribution in [2.45, 2.75) is 52.1 Å². The summed E-state index contributed by atoms with van der Waals surface area (Å²) >= 11 is 0. The molecule has 0 aliphatic carbocycles. The molecule has 0 saturated heterocycles. The average molecular weight is 274 g/mol. The zero-order valence-electron chi connectivity index (χ0n) is 12.0. The van der Waals surface area contributed by atoms with Crippen LogP contribution in [0.5, 0.6) is 0 Å². The molecule has 0 heterocycles. The number of carboxylic acid groups (broad SMARTS) is 1. The molecule has 112 valence electrons. The van der Waals surface area contributed by atoms with Crippen LogP contribution in [-0.4, -0.2) is 40.8 Å². The van der Waals surface area contributed by atoms with E-state index in [-0.39, 0.29) is 17.9 Å². The molecular weight excluding hydrogens is 248 g/mol. The van der Waals surface area contributed by atoms with Crippen molar-refractivity contribution >= 4 is 11.9 Å². The summed E-state index contributed by atoms with van der Waals surface area (Å²) in [5.41, 5.74) is 4.08. The van der Waals surface area contributed by atoms with E-state index in [4.69, 9.17) is 10.8 Å². The van der Waals surface area contributed by atoms with Crippen molar-refractivity contribution in [2.24, 2.45) is 11.1 Å². The molecule has 0 spiro atoms. The number of amides is 1. The maximum Gasteiger partial charge on any atom is 0.306 e. The molecule has 0 aromatic heterocycles. The molecule has 0 aromatic carbocycles. The summed E-state index contributed by atoms with van der Waals surface area (Å²) in [6.07, 6.45) is 1.50. The summed E-state index contributed by atoms with van der Waals surface area (Å²) in [7, 11) is 0.